The third-order valence-corrected chi connectivity index (χ3v) is 8.59. The van der Waals surface area contributed by atoms with Crippen LogP contribution in [0.25, 0.3) is 0 Å². The number of carbonyl (C=O) groups is 1. The molecule has 3 aromatic rings. The number of rotatable bonds is 8. The highest BCUT2D eigenvalue weighted by Crippen LogP contribution is 2.70. The molecule has 0 bridgehead atoms. The molecule has 188 valence electrons. The summed E-state index contributed by atoms with van der Waals surface area (Å²) in [5.74, 6) is -8.75. The van der Waals surface area contributed by atoms with Crippen LogP contribution >= 0.6 is 10.3 Å². The fourth-order valence-electron chi connectivity index (χ4n) is 3.52. The Bertz CT molecular complexity index is 1030. The van der Waals surface area contributed by atoms with Crippen LogP contribution in [0, 0.1) is 0 Å². The summed E-state index contributed by atoms with van der Waals surface area (Å²) in [6.45, 7) is 0.977. The van der Waals surface area contributed by atoms with Crippen molar-refractivity contribution < 1.29 is 40.4 Å². The van der Waals surface area contributed by atoms with Crippen LogP contribution < -0.4 is 0 Å². The van der Waals surface area contributed by atoms with Crippen molar-refractivity contribution in [3.63, 3.8) is 0 Å². The van der Waals surface area contributed by atoms with Gasteiger partial charge in [0.2, 0.25) is 0 Å². The van der Waals surface area contributed by atoms with Crippen LogP contribution in [0.5, 0.6) is 0 Å². The van der Waals surface area contributed by atoms with Gasteiger partial charge in [-0.25, -0.2) is 9.18 Å². The maximum Gasteiger partial charge on any atom is 0.457 e. The maximum atomic E-state index is 15.7. The van der Waals surface area contributed by atoms with Crippen molar-refractivity contribution in [3.8, 4) is 0 Å². The van der Waals surface area contributed by atoms with Gasteiger partial charge in [-0.1, -0.05) is 61.5 Å². The van der Waals surface area contributed by atoms with E-state index >= 15 is 4.39 Å². The Labute approximate surface area is 199 Å². The summed E-state index contributed by atoms with van der Waals surface area (Å²) >= 11 is 0. The fourth-order valence-corrected chi connectivity index (χ4v) is 6.60. The molecule has 3 nitrogen and oxygen atoms in total. The van der Waals surface area contributed by atoms with Crippen LogP contribution in [-0.4, -0.2) is 34.9 Å². The molecule has 2 atom stereocenters. The lowest BCUT2D eigenvalue weighted by Crippen LogP contribution is -2.65. The first-order chi connectivity index (χ1) is 16.4. The van der Waals surface area contributed by atoms with E-state index in [2.05, 4.69) is 0 Å². The van der Waals surface area contributed by atoms with Gasteiger partial charge in [0.15, 0.2) is 0 Å². The molecule has 0 saturated carbocycles. The third-order valence-electron chi connectivity index (χ3n) is 5.38. The van der Waals surface area contributed by atoms with Gasteiger partial charge in [-0.2, -0.15) is 22.0 Å². The second kappa shape index (κ2) is 9.94. The zero-order valence-electron chi connectivity index (χ0n) is 18.4. The fraction of sp³-hybridized carbons (Fsp3) is 0.240. The first-order valence-electron chi connectivity index (χ1n) is 10.5. The smallest absolute Gasteiger partial charge is 0.399 e. The van der Waals surface area contributed by atoms with Gasteiger partial charge in [-0.3, -0.25) is 0 Å². The van der Waals surface area contributed by atoms with Crippen molar-refractivity contribution in [1.29, 1.82) is 0 Å². The Morgan fingerprint density at radius 3 is 1.40 bits per heavy atom. The van der Waals surface area contributed by atoms with Crippen molar-refractivity contribution >= 4 is 16.3 Å². The molecule has 3 aromatic carbocycles. The van der Waals surface area contributed by atoms with Crippen LogP contribution in [0.15, 0.2) is 106 Å². The van der Waals surface area contributed by atoms with Crippen LogP contribution in [0.1, 0.15) is 13.3 Å². The van der Waals surface area contributed by atoms with Crippen LogP contribution in [0.2, 0.25) is 0 Å². The van der Waals surface area contributed by atoms with Gasteiger partial charge >= 0.3 is 23.7 Å². The lowest BCUT2D eigenvalue weighted by molar-refractivity contribution is -0.334. The van der Waals surface area contributed by atoms with Crippen LogP contribution in [0.4, 0.5) is 26.3 Å². The molecule has 0 aliphatic carbocycles. The van der Waals surface area contributed by atoms with E-state index in [1.54, 1.807) is 54.6 Å². The molecule has 0 aliphatic rings. The number of hydrogen-bond acceptors (Lipinski definition) is 3. The lowest BCUT2D eigenvalue weighted by atomic mass is 9.89. The third kappa shape index (κ3) is 4.52. The molecule has 10 heteroatoms. The molecule has 0 saturated heterocycles. The molecule has 3 rings (SSSR count). The number of aliphatic hydroxyl groups excluding tert-OH is 1. The average Bonchev–Trinajstić information content (AvgIpc) is 2.86. The zero-order valence-corrected chi connectivity index (χ0v) is 19.2. The van der Waals surface area contributed by atoms with Gasteiger partial charge in [0.1, 0.15) is 6.10 Å². The van der Waals surface area contributed by atoms with Crippen LogP contribution in [-0.2, 0) is 8.98 Å². The Balaban J connectivity index is 2.32. The summed E-state index contributed by atoms with van der Waals surface area (Å²) in [4.78, 5) is 13.9. The molecule has 1 N–H and O–H groups in total. The molecular weight excluding hydrogens is 494 g/mol. The summed E-state index contributed by atoms with van der Waals surface area (Å²) in [6, 6.07) is 23.3. The Morgan fingerprint density at radius 2 is 1.11 bits per heavy atom. The molecule has 2 unspecified atom stereocenters. The van der Waals surface area contributed by atoms with Crippen LogP contribution in [0.3, 0.4) is 0 Å². The standard InChI is InChI=1S/C25H22F6O3S/c1-2-21(32)23(26,24(27,28)25(29,30)31)22(33)34-35(18-12-6-3-7-13-18,19-14-8-4-9-15-19)20-16-10-5-11-17-20/h3-17,21,32H,2H2,1H3. The molecule has 0 fully saturated rings. The largest absolute Gasteiger partial charge is 0.457 e. The molecule has 0 aliphatic heterocycles. The highest BCUT2D eigenvalue weighted by atomic mass is 32.3. The van der Waals surface area contributed by atoms with Crippen molar-refractivity contribution in [2.24, 2.45) is 0 Å². The van der Waals surface area contributed by atoms with Gasteiger partial charge in [0, 0.05) is 14.7 Å². The number of hydrogen-bond donors (Lipinski definition) is 1. The summed E-state index contributed by atoms with van der Waals surface area (Å²) < 4.78 is 90.1. The maximum absolute atomic E-state index is 15.7. The quantitative estimate of drug-likeness (QED) is 0.325. The number of aliphatic hydroxyl groups is 1. The van der Waals surface area contributed by atoms with E-state index in [1.165, 1.54) is 36.4 Å². The molecule has 0 heterocycles. The Hall–Kier alpha value is -2.98. The van der Waals surface area contributed by atoms with E-state index in [9.17, 15) is 31.9 Å². The Morgan fingerprint density at radius 1 is 0.771 bits per heavy atom. The number of benzene rings is 3. The number of halogens is 6. The van der Waals surface area contributed by atoms with E-state index < -0.39 is 46.6 Å². The van der Waals surface area contributed by atoms with E-state index in [4.69, 9.17) is 4.18 Å². The zero-order chi connectivity index (χ0) is 25.9. The first-order valence-corrected chi connectivity index (χ1v) is 12.0. The van der Waals surface area contributed by atoms with E-state index in [0.29, 0.717) is 0 Å². The average molecular weight is 517 g/mol. The van der Waals surface area contributed by atoms with Crippen molar-refractivity contribution in [3.05, 3.63) is 91.0 Å². The van der Waals surface area contributed by atoms with E-state index in [1.807, 2.05) is 0 Å². The Kier molecular flexibility index (Phi) is 7.56. The van der Waals surface area contributed by atoms with Gasteiger partial charge in [-0.15, -0.1) is 0 Å². The van der Waals surface area contributed by atoms with Gasteiger partial charge in [0.25, 0.3) is 0 Å². The second-order valence-electron chi connectivity index (χ2n) is 7.57. The SMILES string of the molecule is CCC(O)C(F)(C(=O)OS(c1ccccc1)(c1ccccc1)c1ccccc1)C(F)(F)C(F)(F)F. The van der Waals surface area contributed by atoms with Gasteiger partial charge in [0.05, 0.1) is 0 Å². The highest BCUT2D eigenvalue weighted by Gasteiger charge is 2.78. The van der Waals surface area contributed by atoms with E-state index in [0.717, 1.165) is 6.92 Å². The minimum Gasteiger partial charge on any atom is -0.399 e. The predicted octanol–water partition coefficient (Wildman–Crippen LogP) is 7.10. The highest BCUT2D eigenvalue weighted by molar-refractivity contribution is 8.30. The minimum atomic E-state index is -6.47. The molecule has 0 radical (unpaired) electrons. The minimum absolute atomic E-state index is 0.245. The number of alkyl halides is 6. The summed E-state index contributed by atoms with van der Waals surface area (Å²) in [5.41, 5.74) is -5.10. The van der Waals surface area contributed by atoms with E-state index in [-0.39, 0.29) is 14.7 Å². The first kappa shape index (κ1) is 26.6. The van der Waals surface area contributed by atoms with Gasteiger partial charge in [-0.05, 0) is 53.1 Å². The van der Waals surface area contributed by atoms with Crippen molar-refractivity contribution in [2.75, 3.05) is 0 Å². The summed E-state index contributed by atoms with van der Waals surface area (Å²) in [6.07, 6.45) is -10.4. The molecule has 0 spiro atoms. The monoisotopic (exact) mass is 516 g/mol. The molecule has 0 amide bonds. The predicted molar refractivity (Wildman–Crippen MR) is 119 cm³/mol. The van der Waals surface area contributed by atoms with Crippen molar-refractivity contribution in [1.82, 2.24) is 0 Å². The molecule has 35 heavy (non-hydrogen) atoms. The second-order valence-corrected chi connectivity index (χ2v) is 10.3. The molecular formula is C25H22F6O3S. The molecule has 0 aromatic heterocycles. The normalized spacial score (nSPS) is 15.7. The lowest BCUT2D eigenvalue weighted by Gasteiger charge is -2.43. The van der Waals surface area contributed by atoms with Gasteiger partial charge < -0.3 is 9.29 Å². The summed E-state index contributed by atoms with van der Waals surface area (Å²) in [5, 5.41) is 10.0. The van der Waals surface area contributed by atoms with Crippen molar-refractivity contribution in [2.45, 2.75) is 51.9 Å². The topological polar surface area (TPSA) is 46.5 Å². The summed E-state index contributed by atoms with van der Waals surface area (Å²) in [7, 11) is -3.36. The number of carbonyl (C=O) groups excluding carboxylic acids is 1.